The Bertz CT molecular complexity index is 135. The van der Waals surface area contributed by atoms with Crippen molar-refractivity contribution in [2.45, 2.75) is 19.9 Å². The standard InChI is InChI=1S/C6H11NO2/c1-4-5(2)7(3)9-6(4)8/h4-5H,1-3H3/t4-,5+/m0/s1. The molecule has 1 heterocycles. The summed E-state index contributed by atoms with van der Waals surface area (Å²) in [6, 6.07) is 0.220. The lowest BCUT2D eigenvalue weighted by molar-refractivity contribution is -0.168. The first-order valence-corrected chi connectivity index (χ1v) is 3.07. The van der Waals surface area contributed by atoms with Crippen LogP contribution >= 0.6 is 0 Å². The fraction of sp³-hybridized carbons (Fsp3) is 0.833. The molecule has 1 aliphatic heterocycles. The third kappa shape index (κ3) is 0.920. The molecular weight excluding hydrogens is 118 g/mol. The third-order valence-corrected chi connectivity index (χ3v) is 1.90. The van der Waals surface area contributed by atoms with Crippen molar-refractivity contribution in [1.82, 2.24) is 5.06 Å². The second-order valence-electron chi connectivity index (χ2n) is 2.49. The maximum Gasteiger partial charge on any atom is 0.329 e. The monoisotopic (exact) mass is 129 g/mol. The first-order valence-electron chi connectivity index (χ1n) is 3.07. The summed E-state index contributed by atoms with van der Waals surface area (Å²) in [5, 5.41) is 1.59. The molecule has 0 saturated carbocycles. The molecule has 1 aliphatic rings. The molecule has 0 spiro atoms. The van der Waals surface area contributed by atoms with Crippen LogP contribution in [0.25, 0.3) is 0 Å². The molecule has 0 unspecified atom stereocenters. The van der Waals surface area contributed by atoms with Crippen LogP contribution in [0.1, 0.15) is 13.8 Å². The zero-order chi connectivity index (χ0) is 7.02. The fourth-order valence-corrected chi connectivity index (χ4v) is 0.820. The smallest absolute Gasteiger partial charge is 0.329 e. The Morgan fingerprint density at radius 3 is 2.22 bits per heavy atom. The Morgan fingerprint density at radius 1 is 1.56 bits per heavy atom. The highest BCUT2D eigenvalue weighted by Gasteiger charge is 2.34. The Kier molecular flexibility index (Phi) is 1.45. The molecule has 1 saturated heterocycles. The first-order chi connectivity index (χ1) is 4.13. The van der Waals surface area contributed by atoms with Crippen molar-refractivity contribution in [1.29, 1.82) is 0 Å². The molecule has 9 heavy (non-hydrogen) atoms. The van der Waals surface area contributed by atoms with Crippen LogP contribution in [0.3, 0.4) is 0 Å². The van der Waals surface area contributed by atoms with E-state index in [0.29, 0.717) is 0 Å². The highest BCUT2D eigenvalue weighted by atomic mass is 16.7. The van der Waals surface area contributed by atoms with E-state index in [1.165, 1.54) is 0 Å². The van der Waals surface area contributed by atoms with Gasteiger partial charge in [0.2, 0.25) is 0 Å². The van der Waals surface area contributed by atoms with Crippen LogP contribution in [-0.4, -0.2) is 24.1 Å². The molecular formula is C6H11NO2. The van der Waals surface area contributed by atoms with Gasteiger partial charge in [0.25, 0.3) is 0 Å². The van der Waals surface area contributed by atoms with Crippen molar-refractivity contribution >= 4 is 5.97 Å². The Labute approximate surface area is 54.5 Å². The van der Waals surface area contributed by atoms with Crippen LogP contribution in [0, 0.1) is 5.92 Å². The van der Waals surface area contributed by atoms with E-state index in [-0.39, 0.29) is 17.9 Å². The van der Waals surface area contributed by atoms with E-state index in [2.05, 4.69) is 0 Å². The lowest BCUT2D eigenvalue weighted by Gasteiger charge is -2.11. The average molecular weight is 129 g/mol. The molecule has 0 amide bonds. The summed E-state index contributed by atoms with van der Waals surface area (Å²) in [5.74, 6) is -0.0972. The summed E-state index contributed by atoms with van der Waals surface area (Å²) in [7, 11) is 1.77. The Morgan fingerprint density at radius 2 is 2.11 bits per heavy atom. The van der Waals surface area contributed by atoms with Crippen LogP contribution in [-0.2, 0) is 9.63 Å². The largest absolute Gasteiger partial charge is 0.368 e. The summed E-state index contributed by atoms with van der Waals surface area (Å²) in [5.41, 5.74) is 0. The van der Waals surface area contributed by atoms with Crippen LogP contribution in [0.5, 0.6) is 0 Å². The second kappa shape index (κ2) is 1.99. The zero-order valence-corrected chi connectivity index (χ0v) is 5.92. The average Bonchev–Trinajstić information content (AvgIpc) is 1.98. The maximum absolute atomic E-state index is 10.7. The number of carbonyl (C=O) groups excluding carboxylic acids is 1. The molecule has 0 aliphatic carbocycles. The molecule has 1 rings (SSSR count). The van der Waals surface area contributed by atoms with Gasteiger partial charge >= 0.3 is 5.97 Å². The molecule has 0 radical (unpaired) electrons. The van der Waals surface area contributed by atoms with Gasteiger partial charge in [0.15, 0.2) is 0 Å². The van der Waals surface area contributed by atoms with Crippen molar-refractivity contribution in [2.75, 3.05) is 7.05 Å². The highest BCUT2D eigenvalue weighted by Crippen LogP contribution is 2.18. The van der Waals surface area contributed by atoms with E-state index in [0.717, 1.165) is 0 Å². The minimum absolute atomic E-state index is 0.0231. The number of nitrogens with zero attached hydrogens (tertiary/aromatic N) is 1. The van der Waals surface area contributed by atoms with Gasteiger partial charge in [-0.05, 0) is 6.92 Å². The van der Waals surface area contributed by atoms with Crippen molar-refractivity contribution in [3.63, 3.8) is 0 Å². The quantitative estimate of drug-likeness (QED) is 0.474. The summed E-state index contributed by atoms with van der Waals surface area (Å²) in [6.07, 6.45) is 0. The Balaban J connectivity index is 2.65. The molecule has 0 N–H and O–H groups in total. The third-order valence-electron chi connectivity index (χ3n) is 1.90. The van der Waals surface area contributed by atoms with Gasteiger partial charge < -0.3 is 4.84 Å². The predicted molar refractivity (Wildman–Crippen MR) is 32.5 cm³/mol. The van der Waals surface area contributed by atoms with Gasteiger partial charge in [0, 0.05) is 7.05 Å². The summed E-state index contributed by atoms with van der Waals surface area (Å²) < 4.78 is 0. The number of hydroxylamine groups is 2. The van der Waals surface area contributed by atoms with E-state index < -0.39 is 0 Å². The van der Waals surface area contributed by atoms with Crippen LogP contribution < -0.4 is 0 Å². The van der Waals surface area contributed by atoms with Gasteiger partial charge in [-0.1, -0.05) is 6.92 Å². The van der Waals surface area contributed by atoms with E-state index in [1.807, 2.05) is 13.8 Å². The van der Waals surface area contributed by atoms with E-state index in [4.69, 9.17) is 4.84 Å². The minimum Gasteiger partial charge on any atom is -0.368 e. The molecule has 3 nitrogen and oxygen atoms in total. The molecule has 2 atom stereocenters. The number of hydrogen-bond acceptors (Lipinski definition) is 3. The van der Waals surface area contributed by atoms with Gasteiger partial charge in [-0.25, -0.2) is 4.79 Å². The number of hydrogen-bond donors (Lipinski definition) is 0. The lowest BCUT2D eigenvalue weighted by atomic mass is 10.1. The van der Waals surface area contributed by atoms with Gasteiger partial charge in [-0.15, -0.1) is 5.06 Å². The summed E-state index contributed by atoms with van der Waals surface area (Å²) in [4.78, 5) is 15.5. The van der Waals surface area contributed by atoms with Crippen molar-refractivity contribution in [3.05, 3.63) is 0 Å². The molecule has 3 heteroatoms. The van der Waals surface area contributed by atoms with Crippen LogP contribution in [0.15, 0.2) is 0 Å². The summed E-state index contributed by atoms with van der Waals surface area (Å²) in [6.45, 7) is 3.84. The van der Waals surface area contributed by atoms with Crippen molar-refractivity contribution in [3.8, 4) is 0 Å². The molecule has 0 aromatic heterocycles. The van der Waals surface area contributed by atoms with E-state index >= 15 is 0 Å². The van der Waals surface area contributed by atoms with Crippen LogP contribution in [0.2, 0.25) is 0 Å². The second-order valence-corrected chi connectivity index (χ2v) is 2.49. The molecule has 0 aromatic carbocycles. The molecule has 0 bridgehead atoms. The predicted octanol–water partition coefficient (Wildman–Crippen LogP) is 0.415. The maximum atomic E-state index is 10.7. The first kappa shape index (κ1) is 6.55. The van der Waals surface area contributed by atoms with Gasteiger partial charge in [0.05, 0.1) is 12.0 Å². The minimum atomic E-state index is -0.120. The highest BCUT2D eigenvalue weighted by molar-refractivity contribution is 5.74. The fourth-order valence-electron chi connectivity index (χ4n) is 0.820. The Hall–Kier alpha value is -0.570. The van der Waals surface area contributed by atoms with Crippen molar-refractivity contribution < 1.29 is 9.63 Å². The van der Waals surface area contributed by atoms with E-state index in [9.17, 15) is 4.79 Å². The van der Waals surface area contributed by atoms with Gasteiger partial charge in [0.1, 0.15) is 0 Å². The molecule has 52 valence electrons. The zero-order valence-electron chi connectivity index (χ0n) is 5.92. The van der Waals surface area contributed by atoms with Crippen molar-refractivity contribution in [2.24, 2.45) is 5.92 Å². The summed E-state index contributed by atoms with van der Waals surface area (Å²) >= 11 is 0. The molecule has 1 fully saturated rings. The van der Waals surface area contributed by atoms with E-state index in [1.54, 1.807) is 12.1 Å². The number of rotatable bonds is 0. The van der Waals surface area contributed by atoms with Crippen LogP contribution in [0.4, 0.5) is 0 Å². The lowest BCUT2D eigenvalue weighted by Crippen LogP contribution is -2.23. The number of carbonyl (C=O) groups is 1. The SMILES string of the molecule is C[C@@H]1C(=O)ON(C)[C@@H]1C. The normalized spacial score (nSPS) is 37.0. The topological polar surface area (TPSA) is 29.5 Å². The van der Waals surface area contributed by atoms with Gasteiger partial charge in [-0.2, -0.15) is 0 Å². The molecule has 0 aromatic rings. The van der Waals surface area contributed by atoms with Gasteiger partial charge in [-0.3, -0.25) is 0 Å².